The van der Waals surface area contributed by atoms with Gasteiger partial charge in [0.2, 0.25) is 15.9 Å². The van der Waals surface area contributed by atoms with Crippen molar-refractivity contribution in [1.82, 2.24) is 19.1 Å². The lowest BCUT2D eigenvalue weighted by Crippen LogP contribution is -2.23. The molecule has 0 unspecified atom stereocenters. The van der Waals surface area contributed by atoms with Gasteiger partial charge in [0.25, 0.3) is 5.82 Å². The van der Waals surface area contributed by atoms with Crippen LogP contribution in [0.2, 0.25) is 0 Å². The van der Waals surface area contributed by atoms with Crippen LogP contribution in [0.25, 0.3) is 0 Å². The summed E-state index contributed by atoms with van der Waals surface area (Å²) in [5, 5.41) is 15.0. The third-order valence-electron chi connectivity index (χ3n) is 3.15. The lowest BCUT2D eigenvalue weighted by molar-refractivity contribution is -0.116. The predicted octanol–water partition coefficient (Wildman–Crippen LogP) is 0.0474. The number of hydrogen-bond donors (Lipinski definition) is 1. The molecule has 0 aliphatic rings. The van der Waals surface area contributed by atoms with E-state index in [1.807, 2.05) is 0 Å². The molecule has 1 amide bonds. The number of rotatable bonds is 6. The molecule has 1 aromatic carbocycles. The molecule has 11 heteroatoms. The molecule has 0 bridgehead atoms. The Morgan fingerprint density at radius 1 is 1.44 bits per heavy atom. The summed E-state index contributed by atoms with van der Waals surface area (Å²) in [5.74, 6) is -0.328. The van der Waals surface area contributed by atoms with Gasteiger partial charge < -0.3 is 10.1 Å². The summed E-state index contributed by atoms with van der Waals surface area (Å²) in [4.78, 5) is 15.7. The Balaban J connectivity index is 2.22. The van der Waals surface area contributed by atoms with E-state index in [9.17, 15) is 13.2 Å². The highest BCUT2D eigenvalue weighted by Crippen LogP contribution is 2.28. The van der Waals surface area contributed by atoms with Gasteiger partial charge in [-0.15, -0.1) is 5.10 Å². The van der Waals surface area contributed by atoms with Gasteiger partial charge in [0.05, 0.1) is 7.11 Å². The molecule has 0 radical (unpaired) electrons. The number of aromatic nitrogens is 3. The molecule has 2 rings (SSSR count). The van der Waals surface area contributed by atoms with Crippen LogP contribution in [0.4, 0.5) is 5.69 Å². The highest BCUT2D eigenvalue weighted by Gasteiger charge is 2.23. The molecule has 2 aromatic rings. The molecule has 0 spiro atoms. The summed E-state index contributed by atoms with van der Waals surface area (Å²) in [7, 11) is 0.418. The number of methoxy groups -OCH3 is 1. The fourth-order valence-electron chi connectivity index (χ4n) is 1.92. The van der Waals surface area contributed by atoms with Gasteiger partial charge in [-0.1, -0.05) is 0 Å². The number of benzene rings is 1. The van der Waals surface area contributed by atoms with Crippen molar-refractivity contribution in [3.05, 3.63) is 30.4 Å². The van der Waals surface area contributed by atoms with Crippen LogP contribution >= 0.6 is 0 Å². The van der Waals surface area contributed by atoms with Crippen molar-refractivity contribution in [3.8, 4) is 11.8 Å². The molecule has 0 aliphatic heterocycles. The Labute approximate surface area is 144 Å². The van der Waals surface area contributed by atoms with Gasteiger partial charge in [0.15, 0.2) is 0 Å². The molecule has 0 atom stereocenters. The maximum atomic E-state index is 12.4. The molecule has 132 valence electrons. The van der Waals surface area contributed by atoms with E-state index in [4.69, 9.17) is 10.00 Å². The molecule has 0 saturated carbocycles. The summed E-state index contributed by atoms with van der Waals surface area (Å²) in [6.07, 6.45) is 1.26. The SMILES string of the molecule is COc1ccc(NC(=O)Cn2cnc(C#N)n2)cc1S(=O)(=O)N(C)C. The topological polar surface area (TPSA) is 130 Å². The summed E-state index contributed by atoms with van der Waals surface area (Å²) in [6.45, 7) is -0.170. The number of sulfonamides is 1. The molecule has 0 fully saturated rings. The Hall–Kier alpha value is -2.97. The molecule has 25 heavy (non-hydrogen) atoms. The van der Waals surface area contributed by atoms with E-state index < -0.39 is 15.9 Å². The van der Waals surface area contributed by atoms with Crippen LogP contribution in [0.15, 0.2) is 29.4 Å². The van der Waals surface area contributed by atoms with Gasteiger partial charge in [-0.05, 0) is 18.2 Å². The highest BCUT2D eigenvalue weighted by atomic mass is 32.2. The fourth-order valence-corrected chi connectivity index (χ4v) is 3.00. The van der Waals surface area contributed by atoms with E-state index in [-0.39, 0.29) is 28.7 Å². The quantitative estimate of drug-likeness (QED) is 0.766. The molecule has 1 aromatic heterocycles. The van der Waals surface area contributed by atoms with E-state index in [0.29, 0.717) is 0 Å². The Morgan fingerprint density at radius 2 is 2.16 bits per heavy atom. The maximum absolute atomic E-state index is 12.4. The van der Waals surface area contributed by atoms with Crippen molar-refractivity contribution in [1.29, 1.82) is 5.26 Å². The molecule has 0 aliphatic carbocycles. The van der Waals surface area contributed by atoms with Crippen LogP contribution in [0.1, 0.15) is 5.82 Å². The average molecular weight is 364 g/mol. The fraction of sp³-hybridized carbons (Fsp3) is 0.286. The van der Waals surface area contributed by atoms with Crippen LogP contribution in [-0.2, 0) is 21.4 Å². The van der Waals surface area contributed by atoms with Crippen molar-refractivity contribution in [3.63, 3.8) is 0 Å². The second-order valence-electron chi connectivity index (χ2n) is 5.08. The Morgan fingerprint density at radius 3 is 2.72 bits per heavy atom. The number of carbonyl (C=O) groups is 1. The minimum Gasteiger partial charge on any atom is -0.495 e. The van der Waals surface area contributed by atoms with Crippen molar-refractivity contribution in [2.45, 2.75) is 11.4 Å². The van der Waals surface area contributed by atoms with E-state index in [0.717, 1.165) is 4.31 Å². The van der Waals surface area contributed by atoms with Crippen LogP contribution < -0.4 is 10.1 Å². The minimum absolute atomic E-state index is 0.0448. The number of amides is 1. The third-order valence-corrected chi connectivity index (χ3v) is 4.98. The number of anilines is 1. The summed E-state index contributed by atoms with van der Waals surface area (Å²) in [5.41, 5.74) is 0.284. The molecule has 1 N–H and O–H groups in total. The minimum atomic E-state index is -3.74. The third kappa shape index (κ3) is 4.11. The number of nitriles is 1. The molecular weight excluding hydrogens is 348 g/mol. The van der Waals surface area contributed by atoms with E-state index >= 15 is 0 Å². The summed E-state index contributed by atoms with van der Waals surface area (Å²) < 4.78 is 32.0. The van der Waals surface area contributed by atoms with Crippen molar-refractivity contribution < 1.29 is 17.9 Å². The number of ether oxygens (including phenoxy) is 1. The lowest BCUT2D eigenvalue weighted by Gasteiger charge is -2.16. The summed E-state index contributed by atoms with van der Waals surface area (Å²) >= 11 is 0. The van der Waals surface area contributed by atoms with Gasteiger partial charge in [-0.3, -0.25) is 4.79 Å². The second kappa shape index (κ2) is 7.29. The average Bonchev–Trinajstić information content (AvgIpc) is 3.02. The van der Waals surface area contributed by atoms with Gasteiger partial charge in [0, 0.05) is 19.8 Å². The molecule has 10 nitrogen and oxygen atoms in total. The number of carbonyl (C=O) groups excluding carboxylic acids is 1. The van der Waals surface area contributed by atoms with Crippen LogP contribution in [-0.4, -0.2) is 54.6 Å². The molecular formula is C14H16N6O4S. The monoisotopic (exact) mass is 364 g/mol. The number of hydrogen-bond acceptors (Lipinski definition) is 7. The van der Waals surface area contributed by atoms with E-state index in [1.54, 1.807) is 6.07 Å². The predicted molar refractivity (Wildman–Crippen MR) is 87.2 cm³/mol. The first-order chi connectivity index (χ1) is 11.8. The second-order valence-corrected chi connectivity index (χ2v) is 7.20. The zero-order valence-electron chi connectivity index (χ0n) is 13.8. The molecule has 1 heterocycles. The van der Waals surface area contributed by atoms with Crippen LogP contribution in [0.3, 0.4) is 0 Å². The molecule has 0 saturated heterocycles. The lowest BCUT2D eigenvalue weighted by atomic mass is 10.3. The van der Waals surface area contributed by atoms with Crippen molar-refractivity contribution in [2.24, 2.45) is 0 Å². The van der Waals surface area contributed by atoms with E-state index in [2.05, 4.69) is 15.4 Å². The Kier molecular flexibility index (Phi) is 5.35. The zero-order chi connectivity index (χ0) is 18.6. The zero-order valence-corrected chi connectivity index (χ0v) is 14.6. The summed E-state index contributed by atoms with van der Waals surface area (Å²) in [6, 6.07) is 6.05. The van der Waals surface area contributed by atoms with Crippen LogP contribution in [0, 0.1) is 11.3 Å². The van der Waals surface area contributed by atoms with Gasteiger partial charge in [-0.25, -0.2) is 22.4 Å². The Bertz CT molecular complexity index is 929. The maximum Gasteiger partial charge on any atom is 0.252 e. The van der Waals surface area contributed by atoms with Crippen molar-refractivity contribution >= 4 is 21.6 Å². The first-order valence-corrected chi connectivity index (χ1v) is 8.42. The van der Waals surface area contributed by atoms with Crippen LogP contribution in [0.5, 0.6) is 5.75 Å². The largest absolute Gasteiger partial charge is 0.495 e. The van der Waals surface area contributed by atoms with Gasteiger partial charge >= 0.3 is 0 Å². The standard InChI is InChI=1S/C14H16N6O4S/c1-19(2)25(22,23)12-6-10(4-5-11(12)24-3)17-14(21)8-20-9-16-13(7-15)18-20/h4-6,9H,8H2,1-3H3,(H,17,21). The first kappa shape index (κ1) is 18.4. The number of nitrogens with zero attached hydrogens (tertiary/aromatic N) is 5. The van der Waals surface area contributed by atoms with Crippen molar-refractivity contribution in [2.75, 3.05) is 26.5 Å². The first-order valence-electron chi connectivity index (χ1n) is 6.98. The van der Waals surface area contributed by atoms with E-state index in [1.165, 1.54) is 50.4 Å². The smallest absolute Gasteiger partial charge is 0.252 e. The highest BCUT2D eigenvalue weighted by molar-refractivity contribution is 7.89. The normalized spacial score (nSPS) is 11.2. The number of nitrogens with one attached hydrogen (secondary N) is 1. The van der Waals surface area contributed by atoms with Gasteiger partial charge in [0.1, 0.15) is 29.6 Å². The van der Waals surface area contributed by atoms with Gasteiger partial charge in [-0.2, -0.15) is 5.26 Å².